The molecule has 1 fully saturated rings. The molecule has 2 rings (SSSR count). The van der Waals surface area contributed by atoms with Crippen molar-refractivity contribution in [3.05, 3.63) is 24.3 Å². The highest BCUT2D eigenvalue weighted by Gasteiger charge is 2.10. The first-order valence-corrected chi connectivity index (χ1v) is 5.28. The predicted molar refractivity (Wildman–Crippen MR) is 64.9 cm³/mol. The minimum atomic E-state index is 0.0825. The van der Waals surface area contributed by atoms with Crippen LogP contribution < -0.4 is 16.4 Å². The number of hydrogen-bond donors (Lipinski definition) is 2. The highest BCUT2D eigenvalue weighted by Crippen LogP contribution is 2.22. The molecule has 0 aromatic heterocycles. The van der Waals surface area contributed by atoms with Crippen molar-refractivity contribution in [2.75, 3.05) is 31.2 Å². The number of hydrogen-bond acceptors (Lipinski definition) is 3. The molecular weight excluding hydrogens is 204 g/mol. The van der Waals surface area contributed by atoms with E-state index in [4.69, 9.17) is 16.2 Å². The van der Waals surface area contributed by atoms with E-state index < -0.39 is 0 Å². The Morgan fingerprint density at radius 1 is 1.25 bits per heavy atom. The number of anilines is 1. The number of nitrogens with two attached hydrogens (primary N) is 2. The predicted octanol–water partition coefficient (Wildman–Crippen LogP) is 0.428. The Balaban J connectivity index is 2.17. The van der Waals surface area contributed by atoms with Gasteiger partial charge in [0.05, 0.1) is 18.9 Å². The highest BCUT2D eigenvalue weighted by atomic mass is 16.5. The quantitative estimate of drug-likeness (QED) is 0.559. The molecule has 1 aliphatic heterocycles. The van der Waals surface area contributed by atoms with Crippen LogP contribution in [0.1, 0.15) is 0 Å². The summed E-state index contributed by atoms with van der Waals surface area (Å²) in [5.41, 5.74) is 12.6. The maximum Gasteiger partial charge on any atom is 0.191 e. The Morgan fingerprint density at radius 2 is 2.00 bits per heavy atom. The maximum atomic E-state index is 5.35. The van der Waals surface area contributed by atoms with Gasteiger partial charge in [0, 0.05) is 18.8 Å². The van der Waals surface area contributed by atoms with Crippen molar-refractivity contribution in [1.82, 2.24) is 0 Å². The van der Waals surface area contributed by atoms with E-state index in [1.54, 1.807) is 0 Å². The molecule has 1 heterocycles. The molecule has 5 nitrogen and oxygen atoms in total. The van der Waals surface area contributed by atoms with Gasteiger partial charge in [-0.3, -0.25) is 0 Å². The zero-order chi connectivity index (χ0) is 11.4. The molecule has 0 aliphatic carbocycles. The van der Waals surface area contributed by atoms with Gasteiger partial charge < -0.3 is 21.1 Å². The lowest BCUT2D eigenvalue weighted by molar-refractivity contribution is 0.122. The minimum Gasteiger partial charge on any atom is -0.378 e. The summed E-state index contributed by atoms with van der Waals surface area (Å²) < 4.78 is 5.31. The van der Waals surface area contributed by atoms with Crippen LogP contribution in [0.2, 0.25) is 0 Å². The molecule has 0 spiro atoms. The molecule has 1 aromatic rings. The summed E-state index contributed by atoms with van der Waals surface area (Å²) in [5.74, 6) is 0.0825. The largest absolute Gasteiger partial charge is 0.378 e. The molecule has 4 N–H and O–H groups in total. The summed E-state index contributed by atoms with van der Waals surface area (Å²) in [6, 6.07) is 7.86. The van der Waals surface area contributed by atoms with E-state index in [-0.39, 0.29) is 5.96 Å². The van der Waals surface area contributed by atoms with Crippen LogP contribution in [0.3, 0.4) is 0 Å². The molecule has 0 atom stereocenters. The maximum absolute atomic E-state index is 5.35. The summed E-state index contributed by atoms with van der Waals surface area (Å²) in [5, 5.41) is 0. The molecule has 86 valence electrons. The van der Waals surface area contributed by atoms with Gasteiger partial charge in [0.15, 0.2) is 5.96 Å². The van der Waals surface area contributed by atoms with Gasteiger partial charge in [-0.25, -0.2) is 4.99 Å². The summed E-state index contributed by atoms with van der Waals surface area (Å²) >= 11 is 0. The Hall–Kier alpha value is -1.75. The Labute approximate surface area is 94.7 Å². The second-order valence-corrected chi connectivity index (χ2v) is 3.66. The fourth-order valence-corrected chi connectivity index (χ4v) is 1.73. The first-order chi connectivity index (χ1) is 7.75. The van der Waals surface area contributed by atoms with E-state index in [0.29, 0.717) is 0 Å². The van der Waals surface area contributed by atoms with E-state index in [0.717, 1.165) is 37.7 Å². The van der Waals surface area contributed by atoms with Crippen molar-refractivity contribution in [3.8, 4) is 0 Å². The van der Waals surface area contributed by atoms with Crippen molar-refractivity contribution in [2.24, 2.45) is 16.5 Å². The summed E-state index contributed by atoms with van der Waals surface area (Å²) in [4.78, 5) is 6.29. The molecular formula is C11H16N4O. The number of benzene rings is 1. The molecule has 0 radical (unpaired) electrons. The van der Waals surface area contributed by atoms with E-state index >= 15 is 0 Å². The third-order valence-corrected chi connectivity index (χ3v) is 2.46. The zero-order valence-electron chi connectivity index (χ0n) is 9.10. The van der Waals surface area contributed by atoms with Crippen molar-refractivity contribution < 1.29 is 4.74 Å². The van der Waals surface area contributed by atoms with Crippen LogP contribution in [0, 0.1) is 0 Å². The Morgan fingerprint density at radius 3 is 2.69 bits per heavy atom. The van der Waals surface area contributed by atoms with E-state index in [1.165, 1.54) is 0 Å². The van der Waals surface area contributed by atoms with Crippen LogP contribution in [-0.4, -0.2) is 32.3 Å². The van der Waals surface area contributed by atoms with Gasteiger partial charge in [-0.05, 0) is 18.2 Å². The number of guanidine groups is 1. The van der Waals surface area contributed by atoms with Crippen molar-refractivity contribution in [2.45, 2.75) is 0 Å². The number of aliphatic imine (C=N–C) groups is 1. The average molecular weight is 220 g/mol. The van der Waals surface area contributed by atoms with Crippen LogP contribution in [0.15, 0.2) is 29.3 Å². The molecule has 1 saturated heterocycles. The first-order valence-electron chi connectivity index (χ1n) is 5.28. The molecule has 5 heteroatoms. The molecule has 1 aliphatic rings. The number of nitrogens with zero attached hydrogens (tertiary/aromatic N) is 2. The minimum absolute atomic E-state index is 0.0825. The van der Waals surface area contributed by atoms with Gasteiger partial charge in [-0.2, -0.15) is 0 Å². The summed E-state index contributed by atoms with van der Waals surface area (Å²) in [7, 11) is 0. The lowest BCUT2D eigenvalue weighted by Gasteiger charge is -2.28. The Kier molecular flexibility index (Phi) is 3.26. The normalized spacial score (nSPS) is 15.9. The van der Waals surface area contributed by atoms with Crippen LogP contribution in [0.25, 0.3) is 0 Å². The molecule has 1 aromatic carbocycles. The third-order valence-electron chi connectivity index (χ3n) is 2.46. The number of morpholine rings is 1. The fourth-order valence-electron chi connectivity index (χ4n) is 1.73. The van der Waals surface area contributed by atoms with Gasteiger partial charge in [0.25, 0.3) is 0 Å². The number of ether oxygens (including phenoxy) is 1. The van der Waals surface area contributed by atoms with Gasteiger partial charge >= 0.3 is 0 Å². The second kappa shape index (κ2) is 4.85. The molecule has 16 heavy (non-hydrogen) atoms. The van der Waals surface area contributed by atoms with Crippen molar-refractivity contribution >= 4 is 17.3 Å². The average Bonchev–Trinajstić information content (AvgIpc) is 2.30. The Bertz CT molecular complexity index is 381. The van der Waals surface area contributed by atoms with Gasteiger partial charge in [0.1, 0.15) is 0 Å². The van der Waals surface area contributed by atoms with E-state index in [1.807, 2.05) is 18.2 Å². The molecule has 0 bridgehead atoms. The second-order valence-electron chi connectivity index (χ2n) is 3.66. The van der Waals surface area contributed by atoms with Gasteiger partial charge in [0.2, 0.25) is 0 Å². The lowest BCUT2D eigenvalue weighted by Crippen LogP contribution is -2.36. The van der Waals surface area contributed by atoms with E-state index in [9.17, 15) is 0 Å². The number of rotatable bonds is 2. The summed E-state index contributed by atoms with van der Waals surface area (Å²) in [6.45, 7) is 3.36. The zero-order valence-corrected chi connectivity index (χ0v) is 9.10. The monoisotopic (exact) mass is 220 g/mol. The standard InChI is InChI=1S/C11H16N4O/c12-11(13)14-9-2-1-3-10(8-9)15-4-6-16-7-5-15/h1-3,8H,4-7H2,(H4,12,13,14). The van der Waals surface area contributed by atoms with Crippen molar-refractivity contribution in [1.29, 1.82) is 0 Å². The van der Waals surface area contributed by atoms with Crippen LogP contribution >= 0.6 is 0 Å². The van der Waals surface area contributed by atoms with Crippen LogP contribution in [0.5, 0.6) is 0 Å². The third kappa shape index (κ3) is 2.64. The van der Waals surface area contributed by atoms with Gasteiger partial charge in [-0.1, -0.05) is 6.07 Å². The van der Waals surface area contributed by atoms with Gasteiger partial charge in [-0.15, -0.1) is 0 Å². The summed E-state index contributed by atoms with van der Waals surface area (Å²) in [6.07, 6.45) is 0. The fraction of sp³-hybridized carbons (Fsp3) is 0.364. The SMILES string of the molecule is NC(N)=Nc1cccc(N2CCOCC2)c1. The van der Waals surface area contributed by atoms with Crippen molar-refractivity contribution in [3.63, 3.8) is 0 Å². The van der Waals surface area contributed by atoms with Crippen LogP contribution in [-0.2, 0) is 4.74 Å². The first kappa shape index (κ1) is 10.8. The van der Waals surface area contributed by atoms with Crippen LogP contribution in [0.4, 0.5) is 11.4 Å². The smallest absolute Gasteiger partial charge is 0.191 e. The highest BCUT2D eigenvalue weighted by molar-refractivity contribution is 5.79. The lowest BCUT2D eigenvalue weighted by atomic mass is 10.2. The molecule has 0 saturated carbocycles. The molecule has 0 amide bonds. The van der Waals surface area contributed by atoms with E-state index in [2.05, 4.69) is 16.0 Å². The topological polar surface area (TPSA) is 76.9 Å². The molecule has 0 unspecified atom stereocenters.